The van der Waals surface area contributed by atoms with Crippen LogP contribution in [0.15, 0.2) is 101 Å². The Morgan fingerprint density at radius 1 is 0.917 bits per heavy atom. The second-order valence-electron chi connectivity index (χ2n) is 7.92. The molecule has 0 fully saturated rings. The first-order valence-electron chi connectivity index (χ1n) is 11.5. The molecule has 186 valence electrons. The van der Waals surface area contributed by atoms with E-state index in [0.29, 0.717) is 29.7 Å². The standard InChI is InChI=1S/C26H27N5O3S2/c32-24(27-17-19-35-26-28-25(29-30-26)22-12-6-2-7-13-22)20-31(18-16-21-10-4-1-5-11-21)36(33,34)23-14-8-3-9-15-23/h1-15H,16-20H2,(H,27,32)(H,28,29,30). The minimum atomic E-state index is -3.82. The molecule has 1 aromatic heterocycles. The first-order valence-corrected chi connectivity index (χ1v) is 13.9. The number of H-pyrrole nitrogens is 1. The molecule has 0 atom stereocenters. The molecule has 0 aliphatic carbocycles. The summed E-state index contributed by atoms with van der Waals surface area (Å²) in [6, 6.07) is 27.5. The summed E-state index contributed by atoms with van der Waals surface area (Å²) in [5.41, 5.74) is 1.95. The predicted molar refractivity (Wildman–Crippen MR) is 141 cm³/mol. The van der Waals surface area contributed by atoms with E-state index >= 15 is 0 Å². The minimum Gasteiger partial charge on any atom is -0.354 e. The summed E-state index contributed by atoms with van der Waals surface area (Å²) in [5, 5.41) is 10.5. The number of sulfonamides is 1. The molecule has 10 heteroatoms. The third-order valence-corrected chi connectivity index (χ3v) is 8.07. The minimum absolute atomic E-state index is 0.167. The van der Waals surface area contributed by atoms with Gasteiger partial charge in [0.15, 0.2) is 5.82 Å². The van der Waals surface area contributed by atoms with Gasteiger partial charge in [-0.15, -0.1) is 5.10 Å². The SMILES string of the molecule is O=C(CN(CCc1ccccc1)S(=O)(=O)c1ccccc1)NCCSc1n[nH]c(-c2ccccc2)n1. The Morgan fingerprint density at radius 3 is 2.25 bits per heavy atom. The van der Waals surface area contributed by atoms with Gasteiger partial charge in [-0.2, -0.15) is 4.31 Å². The van der Waals surface area contributed by atoms with Crippen LogP contribution in [-0.4, -0.2) is 59.2 Å². The van der Waals surface area contributed by atoms with Crippen molar-refractivity contribution in [3.8, 4) is 11.4 Å². The highest BCUT2D eigenvalue weighted by Crippen LogP contribution is 2.19. The van der Waals surface area contributed by atoms with E-state index in [-0.39, 0.29) is 23.9 Å². The fourth-order valence-electron chi connectivity index (χ4n) is 3.51. The van der Waals surface area contributed by atoms with E-state index in [1.807, 2.05) is 60.7 Å². The maximum atomic E-state index is 13.2. The normalized spacial score (nSPS) is 11.5. The maximum absolute atomic E-state index is 13.2. The van der Waals surface area contributed by atoms with Crippen LogP contribution >= 0.6 is 11.8 Å². The number of rotatable bonds is 12. The van der Waals surface area contributed by atoms with Crippen molar-refractivity contribution in [2.45, 2.75) is 16.5 Å². The summed E-state index contributed by atoms with van der Waals surface area (Å²) < 4.78 is 27.7. The van der Waals surface area contributed by atoms with E-state index in [2.05, 4.69) is 20.5 Å². The van der Waals surface area contributed by atoms with Crippen molar-refractivity contribution in [1.82, 2.24) is 24.8 Å². The van der Waals surface area contributed by atoms with E-state index in [1.165, 1.54) is 16.1 Å². The van der Waals surface area contributed by atoms with Gasteiger partial charge in [0.1, 0.15) is 0 Å². The molecule has 0 saturated carbocycles. The van der Waals surface area contributed by atoms with Crippen LogP contribution in [0.3, 0.4) is 0 Å². The molecular formula is C26H27N5O3S2. The molecule has 3 aromatic carbocycles. The topological polar surface area (TPSA) is 108 Å². The van der Waals surface area contributed by atoms with Crippen LogP contribution in [0.5, 0.6) is 0 Å². The number of thioether (sulfide) groups is 1. The zero-order chi connectivity index (χ0) is 25.2. The van der Waals surface area contributed by atoms with Crippen LogP contribution in [0.2, 0.25) is 0 Å². The fraction of sp³-hybridized carbons (Fsp3) is 0.192. The number of carbonyl (C=O) groups is 1. The Morgan fingerprint density at radius 2 is 1.56 bits per heavy atom. The van der Waals surface area contributed by atoms with E-state index in [0.717, 1.165) is 11.1 Å². The van der Waals surface area contributed by atoms with Crippen molar-refractivity contribution in [3.63, 3.8) is 0 Å². The van der Waals surface area contributed by atoms with Gasteiger partial charge in [-0.25, -0.2) is 13.4 Å². The number of hydrogen-bond acceptors (Lipinski definition) is 6. The predicted octanol–water partition coefficient (Wildman–Crippen LogP) is 3.61. The van der Waals surface area contributed by atoms with Crippen LogP contribution in [0.1, 0.15) is 5.56 Å². The van der Waals surface area contributed by atoms with Crippen molar-refractivity contribution < 1.29 is 13.2 Å². The molecule has 0 radical (unpaired) electrons. The van der Waals surface area contributed by atoms with E-state index in [1.54, 1.807) is 30.3 Å². The van der Waals surface area contributed by atoms with Crippen LogP contribution in [0, 0.1) is 0 Å². The fourth-order valence-corrected chi connectivity index (χ4v) is 5.58. The van der Waals surface area contributed by atoms with Crippen molar-refractivity contribution in [2.75, 3.05) is 25.4 Å². The lowest BCUT2D eigenvalue weighted by molar-refractivity contribution is -0.121. The van der Waals surface area contributed by atoms with Crippen molar-refractivity contribution in [3.05, 3.63) is 96.6 Å². The average Bonchev–Trinajstić information content (AvgIpc) is 3.39. The molecule has 1 amide bonds. The molecule has 0 unspecified atom stereocenters. The second kappa shape index (κ2) is 12.5. The van der Waals surface area contributed by atoms with Crippen molar-refractivity contribution >= 4 is 27.7 Å². The zero-order valence-corrected chi connectivity index (χ0v) is 21.2. The van der Waals surface area contributed by atoms with E-state index < -0.39 is 10.0 Å². The second-order valence-corrected chi connectivity index (χ2v) is 10.9. The Bertz CT molecular complexity index is 1350. The number of nitrogens with one attached hydrogen (secondary N) is 2. The summed E-state index contributed by atoms with van der Waals surface area (Å²) in [6.45, 7) is 0.299. The highest BCUT2D eigenvalue weighted by atomic mass is 32.2. The first-order chi connectivity index (χ1) is 17.5. The number of benzene rings is 3. The molecule has 0 spiro atoms. The number of aromatic nitrogens is 3. The molecule has 0 aliphatic heterocycles. The molecule has 1 heterocycles. The smallest absolute Gasteiger partial charge is 0.243 e. The Balaban J connectivity index is 1.32. The maximum Gasteiger partial charge on any atom is 0.243 e. The Labute approximate surface area is 215 Å². The van der Waals surface area contributed by atoms with Crippen molar-refractivity contribution in [2.24, 2.45) is 0 Å². The highest BCUT2D eigenvalue weighted by molar-refractivity contribution is 7.99. The highest BCUT2D eigenvalue weighted by Gasteiger charge is 2.26. The molecule has 4 rings (SSSR count). The number of nitrogens with zero attached hydrogens (tertiary/aromatic N) is 3. The quantitative estimate of drug-likeness (QED) is 0.218. The van der Waals surface area contributed by atoms with Crippen LogP contribution in [0.4, 0.5) is 0 Å². The van der Waals surface area contributed by atoms with Gasteiger partial charge in [0, 0.05) is 24.4 Å². The average molecular weight is 522 g/mol. The number of hydrogen-bond donors (Lipinski definition) is 2. The molecule has 0 saturated heterocycles. The summed E-state index contributed by atoms with van der Waals surface area (Å²) in [5.74, 6) is 0.873. The lowest BCUT2D eigenvalue weighted by Crippen LogP contribution is -2.42. The van der Waals surface area contributed by atoms with E-state index in [9.17, 15) is 13.2 Å². The largest absolute Gasteiger partial charge is 0.354 e. The van der Waals surface area contributed by atoms with Crippen LogP contribution < -0.4 is 5.32 Å². The third-order valence-electron chi connectivity index (χ3n) is 5.36. The van der Waals surface area contributed by atoms with Gasteiger partial charge in [0.25, 0.3) is 0 Å². The molecule has 4 aromatic rings. The Kier molecular flexibility index (Phi) is 8.88. The number of carbonyl (C=O) groups excluding carboxylic acids is 1. The van der Waals surface area contributed by atoms with Crippen molar-refractivity contribution in [1.29, 1.82) is 0 Å². The summed E-state index contributed by atoms with van der Waals surface area (Å²) in [7, 11) is -3.82. The summed E-state index contributed by atoms with van der Waals surface area (Å²) in [4.78, 5) is 17.3. The molecule has 36 heavy (non-hydrogen) atoms. The molecule has 0 aliphatic rings. The molecule has 8 nitrogen and oxygen atoms in total. The van der Waals surface area contributed by atoms with Gasteiger partial charge in [0.2, 0.25) is 21.1 Å². The van der Waals surface area contributed by atoms with Gasteiger partial charge >= 0.3 is 0 Å². The number of aromatic amines is 1. The first kappa shape index (κ1) is 25.6. The third kappa shape index (κ3) is 7.03. The lowest BCUT2D eigenvalue weighted by atomic mass is 10.1. The van der Waals surface area contributed by atoms with E-state index in [4.69, 9.17) is 0 Å². The summed E-state index contributed by atoms with van der Waals surface area (Å²) in [6.07, 6.45) is 0.505. The zero-order valence-electron chi connectivity index (χ0n) is 19.6. The summed E-state index contributed by atoms with van der Waals surface area (Å²) >= 11 is 1.41. The molecular weight excluding hydrogens is 494 g/mol. The van der Waals surface area contributed by atoms with Crippen LogP contribution in [-0.2, 0) is 21.2 Å². The number of amides is 1. The van der Waals surface area contributed by atoms with Crippen LogP contribution in [0.25, 0.3) is 11.4 Å². The van der Waals surface area contributed by atoms with Gasteiger partial charge in [-0.3, -0.25) is 9.89 Å². The monoisotopic (exact) mass is 521 g/mol. The molecule has 0 bridgehead atoms. The Hall–Kier alpha value is -3.47. The van der Waals surface area contributed by atoms with Gasteiger partial charge in [0.05, 0.1) is 11.4 Å². The van der Waals surface area contributed by atoms with Gasteiger partial charge in [-0.05, 0) is 24.1 Å². The lowest BCUT2D eigenvalue weighted by Gasteiger charge is -2.22. The van der Waals surface area contributed by atoms with Gasteiger partial charge < -0.3 is 5.32 Å². The molecule has 2 N–H and O–H groups in total. The van der Waals surface area contributed by atoms with Gasteiger partial charge in [-0.1, -0.05) is 90.6 Å².